The van der Waals surface area contributed by atoms with E-state index in [2.05, 4.69) is 6.92 Å². The molecule has 2 fully saturated rings. The Kier molecular flexibility index (Phi) is 8.27. The molecule has 178 valence electrons. The van der Waals surface area contributed by atoms with Crippen LogP contribution in [0.5, 0.6) is 0 Å². The number of piperidine rings is 2. The minimum Gasteiger partial charge on any atom is -0.343 e. The highest BCUT2D eigenvalue weighted by Gasteiger charge is 2.31. The number of benzene rings is 1. The maximum Gasteiger partial charge on any atom is 0.242 e. The second kappa shape index (κ2) is 10.7. The molecule has 7 nitrogen and oxygen atoms in total. The Morgan fingerprint density at radius 2 is 1.72 bits per heavy atom. The van der Waals surface area contributed by atoms with Crippen LogP contribution < -0.4 is 0 Å². The number of hydrogen-bond acceptors (Lipinski definition) is 4. The summed E-state index contributed by atoms with van der Waals surface area (Å²) in [5.41, 5.74) is 0. The zero-order chi connectivity index (χ0) is 23.3. The van der Waals surface area contributed by atoms with Crippen molar-refractivity contribution in [1.29, 1.82) is 0 Å². The first-order chi connectivity index (χ1) is 15.2. The Morgan fingerprint density at radius 1 is 1.06 bits per heavy atom. The lowest BCUT2D eigenvalue weighted by atomic mass is 9.92. The molecule has 0 spiro atoms. The number of amides is 2. The van der Waals surface area contributed by atoms with Crippen LogP contribution in [0.25, 0.3) is 0 Å². The van der Waals surface area contributed by atoms with Crippen LogP contribution in [0, 0.1) is 17.7 Å². The van der Waals surface area contributed by atoms with Crippen LogP contribution in [0.3, 0.4) is 0 Å². The van der Waals surface area contributed by atoms with Gasteiger partial charge >= 0.3 is 0 Å². The van der Waals surface area contributed by atoms with Gasteiger partial charge in [-0.2, -0.15) is 0 Å². The Labute approximate surface area is 190 Å². The van der Waals surface area contributed by atoms with E-state index in [1.54, 1.807) is 4.90 Å². The highest BCUT2D eigenvalue weighted by molar-refractivity contribution is 7.89. The molecular formula is C23H34FN3O4S. The van der Waals surface area contributed by atoms with Crippen LogP contribution >= 0.6 is 0 Å². The Morgan fingerprint density at radius 3 is 2.34 bits per heavy atom. The molecule has 1 atom stereocenters. The molecule has 0 radical (unpaired) electrons. The Balaban J connectivity index is 1.41. The van der Waals surface area contributed by atoms with Gasteiger partial charge in [0.25, 0.3) is 0 Å². The van der Waals surface area contributed by atoms with Crippen molar-refractivity contribution in [2.24, 2.45) is 11.8 Å². The van der Waals surface area contributed by atoms with Gasteiger partial charge in [0.15, 0.2) is 0 Å². The number of hydrogen-bond donors (Lipinski definition) is 0. The van der Waals surface area contributed by atoms with Crippen molar-refractivity contribution < 1.29 is 22.4 Å². The molecule has 3 rings (SSSR count). The van der Waals surface area contributed by atoms with Gasteiger partial charge in [-0.3, -0.25) is 9.59 Å². The highest BCUT2D eigenvalue weighted by atomic mass is 32.2. The van der Waals surface area contributed by atoms with Crippen molar-refractivity contribution in [2.75, 3.05) is 39.8 Å². The number of likely N-dealkylation sites (tertiary alicyclic amines) is 2. The molecule has 0 bridgehead atoms. The van der Waals surface area contributed by atoms with Crippen LogP contribution in [-0.4, -0.2) is 74.1 Å². The number of sulfonamides is 1. The van der Waals surface area contributed by atoms with Gasteiger partial charge in [0.05, 0.1) is 4.90 Å². The zero-order valence-corrected chi connectivity index (χ0v) is 19.8. The molecule has 0 aromatic heterocycles. The summed E-state index contributed by atoms with van der Waals surface area (Å²) in [6.07, 6.45) is 4.28. The molecule has 2 saturated heterocycles. The summed E-state index contributed by atoms with van der Waals surface area (Å²) < 4.78 is 39.3. The monoisotopic (exact) mass is 467 g/mol. The molecule has 0 N–H and O–H groups in total. The molecule has 32 heavy (non-hydrogen) atoms. The van der Waals surface area contributed by atoms with Crippen LogP contribution in [0.2, 0.25) is 0 Å². The number of rotatable bonds is 7. The van der Waals surface area contributed by atoms with E-state index < -0.39 is 15.8 Å². The van der Waals surface area contributed by atoms with Gasteiger partial charge < -0.3 is 9.80 Å². The molecule has 1 unspecified atom stereocenters. The maximum atomic E-state index is 13.1. The van der Waals surface area contributed by atoms with Crippen molar-refractivity contribution in [2.45, 2.75) is 50.3 Å². The molecule has 0 aliphatic carbocycles. The summed E-state index contributed by atoms with van der Waals surface area (Å²) in [6, 6.07) is 4.71. The van der Waals surface area contributed by atoms with Gasteiger partial charge in [-0.05, 0) is 62.3 Å². The third kappa shape index (κ3) is 6.07. The van der Waals surface area contributed by atoms with Crippen molar-refractivity contribution >= 4 is 21.8 Å². The molecule has 2 heterocycles. The summed E-state index contributed by atoms with van der Waals surface area (Å²) in [6.45, 7) is 5.21. The van der Waals surface area contributed by atoms with E-state index in [1.807, 2.05) is 4.90 Å². The lowest BCUT2D eigenvalue weighted by Crippen LogP contribution is -2.47. The van der Waals surface area contributed by atoms with E-state index in [-0.39, 0.29) is 35.6 Å². The van der Waals surface area contributed by atoms with Crippen LogP contribution in [0.4, 0.5) is 4.39 Å². The maximum absolute atomic E-state index is 13.1. The summed E-state index contributed by atoms with van der Waals surface area (Å²) in [5.74, 6) is 0.287. The molecule has 2 aliphatic rings. The highest BCUT2D eigenvalue weighted by Crippen LogP contribution is 2.24. The van der Waals surface area contributed by atoms with E-state index in [4.69, 9.17) is 0 Å². The smallest absolute Gasteiger partial charge is 0.242 e. The average molecular weight is 468 g/mol. The first-order valence-corrected chi connectivity index (χ1v) is 12.9. The minimum absolute atomic E-state index is 0.00339. The first-order valence-electron chi connectivity index (χ1n) is 11.5. The first kappa shape index (κ1) is 24.6. The van der Waals surface area contributed by atoms with Crippen LogP contribution in [-0.2, 0) is 19.6 Å². The van der Waals surface area contributed by atoms with Gasteiger partial charge in [0, 0.05) is 52.1 Å². The van der Waals surface area contributed by atoms with Gasteiger partial charge in [-0.15, -0.1) is 0 Å². The predicted octanol–water partition coefficient (Wildman–Crippen LogP) is 2.72. The summed E-state index contributed by atoms with van der Waals surface area (Å²) in [4.78, 5) is 29.2. The van der Waals surface area contributed by atoms with Crippen LogP contribution in [0.15, 0.2) is 29.2 Å². The largest absolute Gasteiger partial charge is 0.343 e. The molecule has 1 aromatic carbocycles. The topological polar surface area (TPSA) is 78.0 Å². The van der Waals surface area contributed by atoms with Crippen LogP contribution in [0.1, 0.15) is 45.4 Å². The summed E-state index contributed by atoms with van der Waals surface area (Å²) >= 11 is 0. The molecule has 2 amide bonds. The van der Waals surface area contributed by atoms with E-state index in [9.17, 15) is 22.4 Å². The van der Waals surface area contributed by atoms with E-state index in [0.717, 1.165) is 31.6 Å². The molecule has 9 heteroatoms. The quantitative estimate of drug-likeness (QED) is 0.618. The minimum atomic E-state index is -3.71. The van der Waals surface area contributed by atoms with Gasteiger partial charge in [-0.25, -0.2) is 17.1 Å². The Hall–Kier alpha value is -2.00. The summed E-state index contributed by atoms with van der Waals surface area (Å²) in [5, 5.41) is 0. The van der Waals surface area contributed by atoms with Crippen molar-refractivity contribution in [3.8, 4) is 0 Å². The molecule has 1 aromatic rings. The van der Waals surface area contributed by atoms with Gasteiger partial charge in [0.1, 0.15) is 5.82 Å². The Bertz CT molecular complexity index is 898. The summed E-state index contributed by atoms with van der Waals surface area (Å²) in [7, 11) is -2.25. The van der Waals surface area contributed by atoms with E-state index in [1.165, 1.54) is 29.9 Å². The lowest BCUT2D eigenvalue weighted by molar-refractivity contribution is -0.142. The van der Waals surface area contributed by atoms with Crippen molar-refractivity contribution in [3.63, 3.8) is 0 Å². The lowest BCUT2D eigenvalue weighted by Gasteiger charge is -2.37. The normalized spacial score (nSPS) is 20.6. The third-order valence-corrected chi connectivity index (χ3v) is 8.42. The van der Waals surface area contributed by atoms with Gasteiger partial charge in [-0.1, -0.05) is 6.92 Å². The van der Waals surface area contributed by atoms with E-state index in [0.29, 0.717) is 38.3 Å². The van der Waals surface area contributed by atoms with Gasteiger partial charge in [0.2, 0.25) is 21.8 Å². The fourth-order valence-electron chi connectivity index (χ4n) is 4.54. The zero-order valence-electron chi connectivity index (χ0n) is 19.0. The average Bonchev–Trinajstić information content (AvgIpc) is 2.78. The van der Waals surface area contributed by atoms with Crippen molar-refractivity contribution in [1.82, 2.24) is 14.1 Å². The second-order valence-electron chi connectivity index (χ2n) is 9.07. The number of carbonyl (C=O) groups excluding carboxylic acids is 2. The third-order valence-electron chi connectivity index (χ3n) is 6.55. The fraction of sp³-hybridized carbons (Fsp3) is 0.652. The molecule has 0 saturated carbocycles. The second-order valence-corrected chi connectivity index (χ2v) is 11.1. The van der Waals surface area contributed by atoms with E-state index >= 15 is 0 Å². The molecule has 2 aliphatic heterocycles. The number of halogens is 1. The SMILES string of the molecule is CC1CCCN(C(=O)C2CCN(C(=O)CCCN(C)S(=O)(=O)c3ccc(F)cc3)CC2)C1. The predicted molar refractivity (Wildman–Crippen MR) is 120 cm³/mol. The van der Waals surface area contributed by atoms with Crippen molar-refractivity contribution in [3.05, 3.63) is 30.1 Å². The number of nitrogens with zero attached hydrogens (tertiary/aromatic N) is 3. The molecular weight excluding hydrogens is 433 g/mol. The fourth-order valence-corrected chi connectivity index (χ4v) is 5.75. The number of carbonyl (C=O) groups is 2. The standard InChI is InChI=1S/C23H34FN3O4S/c1-18-5-3-14-27(17-18)23(29)19-11-15-26(16-12-19)22(28)6-4-13-25(2)32(30,31)21-9-7-20(24)8-10-21/h7-10,18-19H,3-6,11-17H2,1-2H3.